The van der Waals surface area contributed by atoms with E-state index < -0.39 is 0 Å². The molecule has 0 aliphatic carbocycles. The second-order valence-corrected chi connectivity index (χ2v) is 5.74. The molecule has 3 aromatic rings. The molecule has 0 aromatic heterocycles. The van der Waals surface area contributed by atoms with Crippen LogP contribution in [0, 0.1) is 0 Å². The van der Waals surface area contributed by atoms with Crippen molar-refractivity contribution < 1.29 is 4.79 Å². The second-order valence-electron chi connectivity index (χ2n) is 4.89. The van der Waals surface area contributed by atoms with Gasteiger partial charge in [0.25, 0.3) is 5.91 Å². The Hall–Kier alpha value is -2.36. The fourth-order valence-electron chi connectivity index (χ4n) is 2.25. The summed E-state index contributed by atoms with van der Waals surface area (Å²) in [5, 5.41) is 6.87. The molecule has 0 atom stereocenters. The molecule has 3 nitrogen and oxygen atoms in total. The van der Waals surface area contributed by atoms with Gasteiger partial charge in [-0.2, -0.15) is 5.10 Å². The number of carbonyl (C=O) groups is 1. The lowest BCUT2D eigenvalue weighted by molar-refractivity contribution is 0.0957. The van der Waals surface area contributed by atoms with Gasteiger partial charge in [-0.15, -0.1) is 0 Å². The highest BCUT2D eigenvalue weighted by Gasteiger charge is 2.08. The number of nitrogens with one attached hydrogen (secondary N) is 1. The number of hydrazone groups is 1. The van der Waals surface area contributed by atoms with Crippen LogP contribution in [0.5, 0.6) is 0 Å². The van der Waals surface area contributed by atoms with Gasteiger partial charge in [-0.25, -0.2) is 5.43 Å². The summed E-state index contributed by atoms with van der Waals surface area (Å²) in [5.74, 6) is -0.275. The first-order chi connectivity index (χ1) is 11.1. The molecule has 0 saturated heterocycles. The number of carbonyl (C=O) groups excluding carboxylic acids is 1. The minimum absolute atomic E-state index is 0.275. The molecule has 1 amide bonds. The fourth-order valence-corrected chi connectivity index (χ4v) is 2.71. The van der Waals surface area contributed by atoms with E-state index in [1.54, 1.807) is 24.3 Å². The van der Waals surface area contributed by atoms with Gasteiger partial charge in [-0.3, -0.25) is 4.79 Å². The molecule has 114 valence electrons. The predicted octanol–water partition coefficient (Wildman–Crippen LogP) is 4.91. The van der Waals surface area contributed by atoms with Crippen LogP contribution in [0.2, 0.25) is 10.0 Å². The molecule has 0 bridgehead atoms. The second kappa shape index (κ2) is 6.82. The van der Waals surface area contributed by atoms with Gasteiger partial charge in [0.15, 0.2) is 0 Å². The van der Waals surface area contributed by atoms with Crippen molar-refractivity contribution in [3.8, 4) is 0 Å². The van der Waals surface area contributed by atoms with Gasteiger partial charge < -0.3 is 0 Å². The molecule has 23 heavy (non-hydrogen) atoms. The number of hydrogen-bond acceptors (Lipinski definition) is 2. The molecule has 1 N–H and O–H groups in total. The van der Waals surface area contributed by atoms with Gasteiger partial charge in [0.1, 0.15) is 0 Å². The SMILES string of the molecule is O=C(NN=Cc1ccc(Cl)cc1Cl)c1cccc2ccccc12. The zero-order chi connectivity index (χ0) is 16.2. The Balaban J connectivity index is 1.80. The summed E-state index contributed by atoms with van der Waals surface area (Å²) in [6.45, 7) is 0. The van der Waals surface area contributed by atoms with Crippen molar-refractivity contribution in [1.29, 1.82) is 0 Å². The van der Waals surface area contributed by atoms with E-state index in [0.29, 0.717) is 21.2 Å². The van der Waals surface area contributed by atoms with E-state index in [2.05, 4.69) is 10.5 Å². The summed E-state index contributed by atoms with van der Waals surface area (Å²) in [4.78, 5) is 12.3. The van der Waals surface area contributed by atoms with Crippen molar-refractivity contribution in [1.82, 2.24) is 5.43 Å². The monoisotopic (exact) mass is 342 g/mol. The predicted molar refractivity (Wildman–Crippen MR) is 95.5 cm³/mol. The first-order valence-corrected chi connectivity index (χ1v) is 7.67. The molecule has 0 radical (unpaired) electrons. The van der Waals surface area contributed by atoms with Crippen LogP contribution in [0.4, 0.5) is 0 Å². The molecular formula is C18H12Cl2N2O. The first kappa shape index (κ1) is 15.5. The van der Waals surface area contributed by atoms with Crippen LogP contribution >= 0.6 is 23.2 Å². The van der Waals surface area contributed by atoms with E-state index in [4.69, 9.17) is 23.2 Å². The minimum Gasteiger partial charge on any atom is -0.267 e. The number of halogens is 2. The molecule has 0 heterocycles. The fraction of sp³-hybridized carbons (Fsp3) is 0. The molecule has 0 fully saturated rings. The molecule has 0 aliphatic rings. The van der Waals surface area contributed by atoms with E-state index >= 15 is 0 Å². The summed E-state index contributed by atoms with van der Waals surface area (Å²) in [6.07, 6.45) is 1.49. The van der Waals surface area contributed by atoms with Crippen molar-refractivity contribution in [3.05, 3.63) is 81.8 Å². The molecule has 5 heteroatoms. The molecule has 3 rings (SSSR count). The van der Waals surface area contributed by atoms with Crippen molar-refractivity contribution in [2.75, 3.05) is 0 Å². The topological polar surface area (TPSA) is 41.5 Å². The smallest absolute Gasteiger partial charge is 0.267 e. The Labute approximate surface area is 143 Å². The molecule has 0 unspecified atom stereocenters. The Morgan fingerprint density at radius 1 is 1.00 bits per heavy atom. The lowest BCUT2D eigenvalue weighted by Gasteiger charge is -2.05. The normalized spacial score (nSPS) is 11.0. The third-order valence-corrected chi connectivity index (χ3v) is 3.93. The Bertz CT molecular complexity index is 901. The van der Waals surface area contributed by atoms with Gasteiger partial charge >= 0.3 is 0 Å². The Morgan fingerprint density at radius 2 is 1.78 bits per heavy atom. The number of amides is 1. The number of rotatable bonds is 3. The van der Waals surface area contributed by atoms with Gasteiger partial charge in [-0.05, 0) is 29.0 Å². The van der Waals surface area contributed by atoms with Gasteiger partial charge in [-0.1, -0.05) is 65.7 Å². The van der Waals surface area contributed by atoms with Gasteiger partial charge in [0, 0.05) is 16.1 Å². The third kappa shape index (κ3) is 3.52. The highest BCUT2D eigenvalue weighted by atomic mass is 35.5. The Kier molecular flexibility index (Phi) is 4.60. The van der Waals surface area contributed by atoms with E-state index in [0.717, 1.165) is 10.8 Å². The van der Waals surface area contributed by atoms with Crippen LogP contribution in [0.1, 0.15) is 15.9 Å². The summed E-state index contributed by atoms with van der Waals surface area (Å²) in [5.41, 5.74) is 3.77. The van der Waals surface area contributed by atoms with Gasteiger partial charge in [0.2, 0.25) is 0 Å². The van der Waals surface area contributed by atoms with E-state index in [-0.39, 0.29) is 5.91 Å². The number of hydrogen-bond donors (Lipinski definition) is 1. The van der Waals surface area contributed by atoms with Crippen LogP contribution in [0.25, 0.3) is 10.8 Å². The standard InChI is InChI=1S/C18H12Cl2N2O/c19-14-9-8-13(17(20)10-14)11-21-22-18(23)16-7-3-5-12-4-1-2-6-15(12)16/h1-11H,(H,22,23). The van der Waals surface area contributed by atoms with Crippen molar-refractivity contribution in [3.63, 3.8) is 0 Å². The zero-order valence-corrected chi connectivity index (χ0v) is 13.5. The summed E-state index contributed by atoms with van der Waals surface area (Å²) in [6, 6.07) is 18.3. The maximum absolute atomic E-state index is 12.3. The van der Waals surface area contributed by atoms with E-state index in [1.165, 1.54) is 6.21 Å². The van der Waals surface area contributed by atoms with Crippen molar-refractivity contribution >= 4 is 46.1 Å². The maximum atomic E-state index is 12.3. The molecule has 0 saturated carbocycles. The average Bonchev–Trinajstić information content (AvgIpc) is 2.56. The largest absolute Gasteiger partial charge is 0.271 e. The van der Waals surface area contributed by atoms with Gasteiger partial charge in [0.05, 0.1) is 11.2 Å². The third-order valence-electron chi connectivity index (χ3n) is 3.37. The highest BCUT2D eigenvalue weighted by molar-refractivity contribution is 6.36. The number of benzene rings is 3. The number of nitrogens with zero attached hydrogens (tertiary/aromatic N) is 1. The van der Waals surface area contributed by atoms with Crippen LogP contribution in [0.3, 0.4) is 0 Å². The van der Waals surface area contributed by atoms with Crippen LogP contribution in [-0.4, -0.2) is 12.1 Å². The first-order valence-electron chi connectivity index (χ1n) is 6.91. The van der Waals surface area contributed by atoms with Crippen LogP contribution in [0.15, 0.2) is 65.8 Å². The number of fused-ring (bicyclic) bond motifs is 1. The quantitative estimate of drug-likeness (QED) is 0.533. The van der Waals surface area contributed by atoms with Crippen molar-refractivity contribution in [2.45, 2.75) is 0 Å². The molecule has 0 spiro atoms. The highest BCUT2D eigenvalue weighted by Crippen LogP contribution is 2.20. The minimum atomic E-state index is -0.275. The molecular weight excluding hydrogens is 331 g/mol. The van der Waals surface area contributed by atoms with Crippen molar-refractivity contribution in [2.24, 2.45) is 5.10 Å². The van der Waals surface area contributed by atoms with Crippen LogP contribution < -0.4 is 5.43 Å². The lowest BCUT2D eigenvalue weighted by Crippen LogP contribution is -2.17. The summed E-state index contributed by atoms with van der Waals surface area (Å²) < 4.78 is 0. The molecule has 3 aromatic carbocycles. The van der Waals surface area contributed by atoms with E-state index in [1.807, 2.05) is 36.4 Å². The maximum Gasteiger partial charge on any atom is 0.271 e. The lowest BCUT2D eigenvalue weighted by atomic mass is 10.0. The Morgan fingerprint density at radius 3 is 2.61 bits per heavy atom. The van der Waals surface area contributed by atoms with E-state index in [9.17, 15) is 4.79 Å². The summed E-state index contributed by atoms with van der Waals surface area (Å²) >= 11 is 11.9. The summed E-state index contributed by atoms with van der Waals surface area (Å²) in [7, 11) is 0. The average molecular weight is 343 g/mol. The van der Waals surface area contributed by atoms with Crippen LogP contribution in [-0.2, 0) is 0 Å². The molecule has 0 aliphatic heterocycles. The zero-order valence-electron chi connectivity index (χ0n) is 12.0.